The molecular weight excluding hydrogens is 296 g/mol. The van der Waals surface area contributed by atoms with E-state index in [0.717, 1.165) is 6.42 Å². The number of carbonyl (C=O) groups excluding carboxylic acids is 1. The van der Waals surface area contributed by atoms with E-state index in [1.807, 2.05) is 6.92 Å². The van der Waals surface area contributed by atoms with Gasteiger partial charge in [0.05, 0.1) is 0 Å². The van der Waals surface area contributed by atoms with Gasteiger partial charge in [-0.1, -0.05) is 13.3 Å². The number of rotatable bonds is 8. The van der Waals surface area contributed by atoms with Gasteiger partial charge in [0.15, 0.2) is 0 Å². The molecule has 0 radical (unpaired) electrons. The molecule has 0 saturated heterocycles. The smallest absolute Gasteiger partial charge is 0.408 e. The molecule has 0 bridgehead atoms. The Labute approximate surface area is 126 Å². The van der Waals surface area contributed by atoms with Crippen LogP contribution < -0.4 is 5.32 Å². The second kappa shape index (κ2) is 8.21. The maximum atomic E-state index is 11.9. The predicted molar refractivity (Wildman–Crippen MR) is 80.9 cm³/mol. The molecule has 21 heavy (non-hydrogen) atoms. The van der Waals surface area contributed by atoms with E-state index < -0.39 is 33.4 Å². The number of nitrogens with one attached hydrogen (secondary N) is 2. The molecule has 0 spiro atoms. The van der Waals surface area contributed by atoms with Crippen LogP contribution in [0.1, 0.15) is 47.0 Å². The minimum Gasteiger partial charge on any atom is -0.480 e. The fourth-order valence-corrected chi connectivity index (χ4v) is 3.07. The van der Waals surface area contributed by atoms with Crippen LogP contribution in [0.2, 0.25) is 0 Å². The van der Waals surface area contributed by atoms with Gasteiger partial charge >= 0.3 is 12.1 Å². The number of ether oxygens (including phenoxy) is 1. The Bertz CT molecular complexity index is 454. The summed E-state index contributed by atoms with van der Waals surface area (Å²) < 4.78 is 24.6. The van der Waals surface area contributed by atoms with E-state index in [1.165, 1.54) is 0 Å². The summed E-state index contributed by atoms with van der Waals surface area (Å²) >= 11 is 0. The number of carboxylic acids is 1. The maximum Gasteiger partial charge on any atom is 0.408 e. The molecule has 124 valence electrons. The lowest BCUT2D eigenvalue weighted by molar-refractivity contribution is -0.139. The minimum absolute atomic E-state index is 0.0549. The third-order valence-electron chi connectivity index (χ3n) is 2.55. The normalized spacial score (nSPS) is 15.8. The first-order chi connectivity index (χ1) is 9.47. The number of carbonyl (C=O) groups is 2. The highest BCUT2D eigenvalue weighted by Crippen LogP contribution is 2.08. The summed E-state index contributed by atoms with van der Waals surface area (Å²) in [6.07, 6.45) is 0.606. The lowest BCUT2D eigenvalue weighted by atomic mass is 10.2. The summed E-state index contributed by atoms with van der Waals surface area (Å²) in [4.78, 5) is 22.7. The Morgan fingerprint density at radius 3 is 2.33 bits per heavy atom. The van der Waals surface area contributed by atoms with E-state index in [4.69, 9.17) is 14.6 Å². The Morgan fingerprint density at radius 2 is 1.90 bits per heavy atom. The minimum atomic E-state index is -2.80. The zero-order valence-corrected chi connectivity index (χ0v) is 13.9. The molecular formula is C13H26N2O5S. The van der Waals surface area contributed by atoms with Gasteiger partial charge < -0.3 is 15.2 Å². The average Bonchev–Trinajstić information content (AvgIpc) is 2.29. The van der Waals surface area contributed by atoms with Crippen molar-refractivity contribution >= 4 is 21.8 Å². The summed E-state index contributed by atoms with van der Waals surface area (Å²) in [6, 6.07) is -1.20. The van der Waals surface area contributed by atoms with E-state index in [0.29, 0.717) is 6.42 Å². The summed E-state index contributed by atoms with van der Waals surface area (Å²) in [5.74, 6) is -1.03. The van der Waals surface area contributed by atoms with Crippen molar-refractivity contribution in [1.82, 2.24) is 5.32 Å². The lowest BCUT2D eigenvalue weighted by Crippen LogP contribution is -2.44. The molecule has 0 aliphatic carbocycles. The number of unbranched alkanes of at least 4 members (excludes halogenated alkanes) is 1. The second-order valence-corrected chi connectivity index (χ2v) is 8.34. The van der Waals surface area contributed by atoms with Crippen LogP contribution in [0.25, 0.3) is 0 Å². The molecule has 1 amide bonds. The zero-order chi connectivity index (χ0) is 16.7. The van der Waals surface area contributed by atoms with Crippen molar-refractivity contribution < 1.29 is 23.6 Å². The molecule has 2 atom stereocenters. The van der Waals surface area contributed by atoms with Crippen molar-refractivity contribution in [3.8, 4) is 0 Å². The van der Waals surface area contributed by atoms with Crippen LogP contribution in [0.15, 0.2) is 0 Å². The number of carboxylic acid groups (broad SMARTS) is 1. The first-order valence-corrected chi connectivity index (χ1v) is 8.83. The van der Waals surface area contributed by atoms with Crippen LogP contribution in [0.4, 0.5) is 4.79 Å². The summed E-state index contributed by atoms with van der Waals surface area (Å²) in [5, 5.41) is 11.3. The van der Waals surface area contributed by atoms with Gasteiger partial charge in [0.25, 0.3) is 0 Å². The van der Waals surface area contributed by atoms with E-state index in [2.05, 4.69) is 5.32 Å². The summed E-state index contributed by atoms with van der Waals surface area (Å²) in [5.41, 5.74) is -0.725. The summed E-state index contributed by atoms with van der Waals surface area (Å²) in [7, 11) is -2.80. The summed E-state index contributed by atoms with van der Waals surface area (Å²) in [6.45, 7) is 6.94. The second-order valence-electron chi connectivity index (χ2n) is 5.90. The molecule has 0 fully saturated rings. The number of alkyl carbamates (subject to hydrolysis) is 1. The van der Waals surface area contributed by atoms with Crippen LogP contribution in [0.3, 0.4) is 0 Å². The van der Waals surface area contributed by atoms with E-state index >= 15 is 0 Å². The Hall–Kier alpha value is -1.31. The van der Waals surface area contributed by atoms with Gasteiger partial charge in [-0.3, -0.25) is 4.78 Å². The molecule has 0 aliphatic heterocycles. The van der Waals surface area contributed by atoms with E-state index in [-0.39, 0.29) is 17.9 Å². The van der Waals surface area contributed by atoms with Gasteiger partial charge in [-0.2, -0.15) is 0 Å². The van der Waals surface area contributed by atoms with E-state index in [9.17, 15) is 13.8 Å². The topological polar surface area (TPSA) is 117 Å². The quantitative estimate of drug-likeness (QED) is 0.633. The number of hydrogen-bond acceptors (Lipinski definition) is 5. The van der Waals surface area contributed by atoms with Crippen LogP contribution in [-0.2, 0) is 19.3 Å². The molecule has 0 saturated carbocycles. The number of hydrogen-bond donors (Lipinski definition) is 3. The predicted octanol–water partition coefficient (Wildman–Crippen LogP) is 2.20. The third kappa shape index (κ3) is 10.1. The van der Waals surface area contributed by atoms with Crippen molar-refractivity contribution in [1.29, 1.82) is 4.78 Å². The maximum absolute atomic E-state index is 11.9. The zero-order valence-electron chi connectivity index (χ0n) is 13.1. The number of aliphatic carboxylic acids is 1. The molecule has 8 heteroatoms. The Morgan fingerprint density at radius 1 is 1.33 bits per heavy atom. The van der Waals surface area contributed by atoms with Crippen LogP contribution >= 0.6 is 0 Å². The van der Waals surface area contributed by atoms with Gasteiger partial charge in [-0.15, -0.1) is 0 Å². The molecule has 0 aliphatic rings. The standard InChI is InChI=1S/C13H26N2O5S/c1-5-6-8-21(14,19)9-7-10(11(16)17)15-12(18)20-13(2,3)4/h10,14H,5-9H2,1-4H3,(H,15,18)(H,16,17)/t10-,21+/m0/s1. The molecule has 0 aromatic rings. The fraction of sp³-hybridized carbons (Fsp3) is 0.846. The molecule has 0 aromatic heterocycles. The Kier molecular flexibility index (Phi) is 7.70. The Balaban J connectivity index is 4.52. The monoisotopic (exact) mass is 322 g/mol. The third-order valence-corrected chi connectivity index (χ3v) is 4.40. The molecule has 0 rings (SSSR count). The molecule has 0 aromatic carbocycles. The van der Waals surface area contributed by atoms with Crippen LogP contribution in [0, 0.1) is 4.78 Å². The largest absolute Gasteiger partial charge is 0.480 e. The van der Waals surface area contributed by atoms with E-state index in [1.54, 1.807) is 20.8 Å². The van der Waals surface area contributed by atoms with Crippen molar-refractivity contribution in [3.05, 3.63) is 0 Å². The highest BCUT2D eigenvalue weighted by Gasteiger charge is 2.24. The van der Waals surface area contributed by atoms with Crippen molar-refractivity contribution in [2.45, 2.75) is 58.6 Å². The highest BCUT2D eigenvalue weighted by molar-refractivity contribution is 7.92. The fourth-order valence-electron chi connectivity index (χ4n) is 1.49. The first kappa shape index (κ1) is 19.7. The van der Waals surface area contributed by atoms with Crippen molar-refractivity contribution in [2.24, 2.45) is 0 Å². The number of amides is 1. The van der Waals surface area contributed by atoms with Gasteiger partial charge in [0.1, 0.15) is 11.6 Å². The first-order valence-electron chi connectivity index (χ1n) is 6.93. The van der Waals surface area contributed by atoms with Gasteiger partial charge in [0.2, 0.25) is 0 Å². The van der Waals surface area contributed by atoms with Gasteiger partial charge in [0, 0.05) is 21.2 Å². The van der Waals surface area contributed by atoms with Crippen LogP contribution in [-0.4, -0.2) is 44.5 Å². The van der Waals surface area contributed by atoms with Gasteiger partial charge in [-0.25, -0.2) is 13.8 Å². The van der Waals surface area contributed by atoms with Crippen molar-refractivity contribution in [3.63, 3.8) is 0 Å². The average molecular weight is 322 g/mol. The highest BCUT2D eigenvalue weighted by atomic mass is 32.2. The van der Waals surface area contributed by atoms with Crippen LogP contribution in [0.5, 0.6) is 0 Å². The SMILES string of the molecule is CCCC[S@@](=N)(=O)CC[C@H](NC(=O)OC(C)(C)C)C(=O)O. The van der Waals surface area contributed by atoms with Crippen molar-refractivity contribution in [2.75, 3.05) is 11.5 Å². The van der Waals surface area contributed by atoms with Gasteiger partial charge in [-0.05, 0) is 33.6 Å². The molecule has 7 nitrogen and oxygen atoms in total. The lowest BCUT2D eigenvalue weighted by Gasteiger charge is -2.22. The molecule has 3 N–H and O–H groups in total. The molecule has 0 heterocycles. The molecule has 0 unspecified atom stereocenters.